The van der Waals surface area contributed by atoms with Gasteiger partial charge in [0.25, 0.3) is 5.56 Å². The number of nitrogens with zero attached hydrogens (tertiary/aromatic N) is 1. The van der Waals surface area contributed by atoms with Gasteiger partial charge in [-0.3, -0.25) is 9.36 Å². The van der Waals surface area contributed by atoms with Crippen LogP contribution in [0.2, 0.25) is 0 Å². The second-order valence-corrected chi connectivity index (χ2v) is 5.19. The summed E-state index contributed by atoms with van der Waals surface area (Å²) in [6.45, 7) is 1.83. The van der Waals surface area contributed by atoms with Gasteiger partial charge in [-0.25, -0.2) is 4.39 Å². The number of aryl methyl sites for hydroxylation is 1. The molecule has 1 aliphatic carbocycles. The first-order valence-electron chi connectivity index (χ1n) is 6.03. The van der Waals surface area contributed by atoms with Crippen LogP contribution in [0.1, 0.15) is 30.9 Å². The number of fused-ring (bicyclic) bond motifs is 1. The molecule has 0 bridgehead atoms. The van der Waals surface area contributed by atoms with E-state index in [1.807, 2.05) is 6.92 Å². The number of nitrogens with one attached hydrogen (secondary N) is 1. The van der Waals surface area contributed by atoms with Gasteiger partial charge in [0.05, 0.1) is 10.9 Å². The van der Waals surface area contributed by atoms with E-state index in [-0.39, 0.29) is 17.0 Å². The second kappa shape index (κ2) is 4.02. The molecule has 0 atom stereocenters. The third kappa shape index (κ3) is 1.54. The molecule has 18 heavy (non-hydrogen) atoms. The molecule has 1 aromatic heterocycles. The fourth-order valence-electron chi connectivity index (χ4n) is 2.41. The average molecular weight is 264 g/mol. The van der Waals surface area contributed by atoms with Crippen LogP contribution in [-0.4, -0.2) is 9.55 Å². The maximum Gasteiger partial charge on any atom is 0.265 e. The molecule has 94 valence electrons. The first-order chi connectivity index (χ1) is 8.59. The van der Waals surface area contributed by atoms with Crippen LogP contribution < -0.4 is 5.56 Å². The van der Waals surface area contributed by atoms with Gasteiger partial charge in [0, 0.05) is 6.04 Å². The Morgan fingerprint density at radius 2 is 2.17 bits per heavy atom. The lowest BCUT2D eigenvalue weighted by Crippen LogP contribution is -2.31. The van der Waals surface area contributed by atoms with Crippen LogP contribution in [0.5, 0.6) is 0 Å². The topological polar surface area (TPSA) is 37.8 Å². The zero-order valence-corrected chi connectivity index (χ0v) is 10.8. The van der Waals surface area contributed by atoms with Crippen LogP contribution in [0.3, 0.4) is 0 Å². The molecule has 1 fully saturated rings. The predicted octanol–water partition coefficient (Wildman–Crippen LogP) is 3.23. The molecule has 0 spiro atoms. The number of benzene rings is 1. The Kier molecular flexibility index (Phi) is 2.59. The predicted molar refractivity (Wildman–Crippen MR) is 71.0 cm³/mol. The van der Waals surface area contributed by atoms with E-state index in [2.05, 4.69) is 4.98 Å². The molecule has 0 radical (unpaired) electrons. The number of H-pyrrole nitrogens is 1. The maximum atomic E-state index is 13.9. The van der Waals surface area contributed by atoms with Crippen LogP contribution in [0.4, 0.5) is 4.39 Å². The largest absolute Gasteiger partial charge is 0.331 e. The number of hydrogen-bond acceptors (Lipinski definition) is 2. The normalized spacial score (nSPS) is 15.9. The highest BCUT2D eigenvalue weighted by Crippen LogP contribution is 2.31. The van der Waals surface area contributed by atoms with Crippen LogP contribution in [0.15, 0.2) is 16.9 Å². The molecule has 3 rings (SSSR count). The number of aromatic nitrogens is 2. The Hall–Kier alpha value is -1.49. The summed E-state index contributed by atoms with van der Waals surface area (Å²) < 4.78 is 15.8. The average Bonchev–Trinajstić information content (AvgIpc) is 2.26. The van der Waals surface area contributed by atoms with Gasteiger partial charge in [-0.05, 0) is 50.0 Å². The Balaban J connectivity index is 2.44. The van der Waals surface area contributed by atoms with Crippen molar-refractivity contribution in [1.29, 1.82) is 0 Å². The van der Waals surface area contributed by atoms with E-state index in [0.29, 0.717) is 10.3 Å². The minimum absolute atomic E-state index is 0.121. The Morgan fingerprint density at radius 1 is 1.44 bits per heavy atom. The zero-order chi connectivity index (χ0) is 12.9. The second-order valence-electron chi connectivity index (χ2n) is 4.80. The zero-order valence-electron chi connectivity index (χ0n) is 10.00. The fraction of sp³-hybridized carbons (Fsp3) is 0.385. The highest BCUT2D eigenvalue weighted by molar-refractivity contribution is 7.71. The van der Waals surface area contributed by atoms with Gasteiger partial charge < -0.3 is 4.98 Å². The quantitative estimate of drug-likeness (QED) is 0.803. The van der Waals surface area contributed by atoms with Gasteiger partial charge in [-0.15, -0.1) is 0 Å². The van der Waals surface area contributed by atoms with Crippen LogP contribution in [0.25, 0.3) is 10.9 Å². The summed E-state index contributed by atoms with van der Waals surface area (Å²) in [6.07, 6.45) is 2.98. The summed E-state index contributed by atoms with van der Waals surface area (Å²) in [7, 11) is 0. The van der Waals surface area contributed by atoms with Crippen LogP contribution >= 0.6 is 12.2 Å². The van der Waals surface area contributed by atoms with Crippen molar-refractivity contribution in [2.24, 2.45) is 0 Å². The molecule has 0 amide bonds. The summed E-state index contributed by atoms with van der Waals surface area (Å²) in [5.41, 5.74) is 1.04. The van der Waals surface area contributed by atoms with Gasteiger partial charge in [0.2, 0.25) is 0 Å². The summed E-state index contributed by atoms with van der Waals surface area (Å²) in [5, 5.41) is 0.121. The van der Waals surface area contributed by atoms with E-state index in [1.165, 1.54) is 10.6 Å². The Bertz CT molecular complexity index is 743. The van der Waals surface area contributed by atoms with Crippen molar-refractivity contribution in [1.82, 2.24) is 9.55 Å². The maximum absolute atomic E-state index is 13.9. The molecule has 1 aliphatic rings. The van der Waals surface area contributed by atoms with Crippen molar-refractivity contribution in [3.8, 4) is 0 Å². The minimum atomic E-state index is -0.486. The molecule has 1 saturated carbocycles. The van der Waals surface area contributed by atoms with Crippen LogP contribution in [-0.2, 0) is 0 Å². The van der Waals surface area contributed by atoms with E-state index in [9.17, 15) is 9.18 Å². The van der Waals surface area contributed by atoms with Gasteiger partial charge in [0.1, 0.15) is 5.82 Å². The lowest BCUT2D eigenvalue weighted by atomic mass is 9.93. The van der Waals surface area contributed by atoms with Gasteiger partial charge in [-0.1, -0.05) is 6.07 Å². The lowest BCUT2D eigenvalue weighted by molar-refractivity contribution is 0.302. The fourth-order valence-corrected chi connectivity index (χ4v) is 2.74. The first-order valence-corrected chi connectivity index (χ1v) is 6.44. The number of rotatable bonds is 1. The smallest absolute Gasteiger partial charge is 0.265 e. The van der Waals surface area contributed by atoms with E-state index >= 15 is 0 Å². The van der Waals surface area contributed by atoms with Crippen molar-refractivity contribution in [2.45, 2.75) is 32.2 Å². The SMILES string of the molecule is Cc1ccc(F)c2c(=O)n(C3CCC3)c(=S)[nH]c12. The first kappa shape index (κ1) is 11.6. The van der Waals surface area contributed by atoms with Gasteiger partial charge in [0.15, 0.2) is 4.77 Å². The van der Waals surface area contributed by atoms with E-state index < -0.39 is 5.82 Å². The molecule has 0 saturated heterocycles. The monoisotopic (exact) mass is 264 g/mol. The van der Waals surface area contributed by atoms with Crippen molar-refractivity contribution in [3.05, 3.63) is 38.6 Å². The molecule has 2 aromatic rings. The number of halogens is 1. The molecular weight excluding hydrogens is 251 g/mol. The molecule has 0 unspecified atom stereocenters. The molecule has 0 aliphatic heterocycles. The highest BCUT2D eigenvalue weighted by atomic mass is 32.1. The van der Waals surface area contributed by atoms with Crippen molar-refractivity contribution in [3.63, 3.8) is 0 Å². The molecular formula is C13H13FN2OS. The van der Waals surface area contributed by atoms with Crippen molar-refractivity contribution in [2.75, 3.05) is 0 Å². The molecule has 5 heteroatoms. The highest BCUT2D eigenvalue weighted by Gasteiger charge is 2.23. The Morgan fingerprint density at radius 3 is 2.78 bits per heavy atom. The van der Waals surface area contributed by atoms with Crippen molar-refractivity contribution >= 4 is 23.1 Å². The minimum Gasteiger partial charge on any atom is -0.331 e. The van der Waals surface area contributed by atoms with Crippen molar-refractivity contribution < 1.29 is 4.39 Å². The van der Waals surface area contributed by atoms with Gasteiger partial charge >= 0.3 is 0 Å². The Labute approximate surface area is 108 Å². The lowest BCUT2D eigenvalue weighted by Gasteiger charge is -2.27. The third-order valence-corrected chi connectivity index (χ3v) is 3.98. The number of aromatic amines is 1. The molecule has 1 heterocycles. The van der Waals surface area contributed by atoms with E-state index in [4.69, 9.17) is 12.2 Å². The summed E-state index contributed by atoms with van der Waals surface area (Å²) in [5.74, 6) is -0.486. The standard InChI is InChI=1S/C13H13FN2OS/c1-7-5-6-9(14)10-11(7)15-13(18)16(12(10)17)8-3-2-4-8/h5-6,8H,2-4H2,1H3,(H,15,18). The van der Waals surface area contributed by atoms with Gasteiger partial charge in [-0.2, -0.15) is 0 Å². The third-order valence-electron chi connectivity index (χ3n) is 3.69. The summed E-state index contributed by atoms with van der Waals surface area (Å²) in [6, 6.07) is 3.11. The molecule has 3 nitrogen and oxygen atoms in total. The summed E-state index contributed by atoms with van der Waals surface area (Å²) in [4.78, 5) is 15.4. The van der Waals surface area contributed by atoms with E-state index in [0.717, 1.165) is 24.8 Å². The van der Waals surface area contributed by atoms with Crippen LogP contribution in [0, 0.1) is 17.5 Å². The molecule has 1 N–H and O–H groups in total. The molecule has 1 aromatic carbocycles. The summed E-state index contributed by atoms with van der Waals surface area (Å²) >= 11 is 5.23. The van der Waals surface area contributed by atoms with E-state index in [1.54, 1.807) is 6.07 Å². The number of hydrogen-bond donors (Lipinski definition) is 1.